The predicted molar refractivity (Wildman–Crippen MR) is 93.1 cm³/mol. The van der Waals surface area contributed by atoms with Crippen molar-refractivity contribution in [1.29, 1.82) is 0 Å². The highest BCUT2D eigenvalue weighted by atomic mass is 35.5. The van der Waals surface area contributed by atoms with E-state index in [2.05, 4.69) is 5.32 Å². The van der Waals surface area contributed by atoms with Crippen LogP contribution in [-0.4, -0.2) is 24.2 Å². The number of nitrogens with one attached hydrogen (secondary N) is 1. The average Bonchev–Trinajstić information content (AvgIpc) is 2.57. The molecule has 25 heavy (non-hydrogen) atoms. The van der Waals surface area contributed by atoms with Gasteiger partial charge in [-0.2, -0.15) is 0 Å². The predicted octanol–water partition coefficient (Wildman–Crippen LogP) is 4.55. The molecule has 2 rings (SSSR count). The van der Waals surface area contributed by atoms with Crippen LogP contribution in [0.15, 0.2) is 41.3 Å². The quantitative estimate of drug-likeness (QED) is 0.565. The first-order valence-corrected chi connectivity index (χ1v) is 8.57. The van der Waals surface area contributed by atoms with Crippen LogP contribution in [0.3, 0.4) is 0 Å². The van der Waals surface area contributed by atoms with E-state index in [1.54, 1.807) is 18.2 Å². The molecule has 0 bridgehead atoms. The first-order valence-electron chi connectivity index (χ1n) is 6.83. The van der Waals surface area contributed by atoms with E-state index >= 15 is 0 Å². The number of carbonyl (C=O) groups is 2. The Morgan fingerprint density at radius 3 is 2.56 bits per heavy atom. The van der Waals surface area contributed by atoms with Crippen LogP contribution in [0.2, 0.25) is 10.0 Å². The Bertz CT molecular complexity index is 805. The van der Waals surface area contributed by atoms with Crippen molar-refractivity contribution in [3.8, 4) is 0 Å². The van der Waals surface area contributed by atoms with E-state index in [0.717, 1.165) is 23.9 Å². The van der Waals surface area contributed by atoms with Crippen LogP contribution in [-0.2, 0) is 14.3 Å². The van der Waals surface area contributed by atoms with Crippen molar-refractivity contribution in [3.05, 3.63) is 58.1 Å². The van der Waals surface area contributed by atoms with Crippen molar-refractivity contribution in [3.63, 3.8) is 0 Å². The van der Waals surface area contributed by atoms with Gasteiger partial charge in [-0.1, -0.05) is 23.2 Å². The zero-order chi connectivity index (χ0) is 18.4. The molecule has 0 radical (unpaired) electrons. The fourth-order valence-electron chi connectivity index (χ4n) is 1.68. The molecule has 1 amide bonds. The average molecular weight is 406 g/mol. The molecule has 0 aliphatic rings. The lowest BCUT2D eigenvalue weighted by Crippen LogP contribution is -2.21. The van der Waals surface area contributed by atoms with Crippen LogP contribution in [0.1, 0.15) is 0 Å². The Labute approximate surface area is 156 Å². The summed E-state index contributed by atoms with van der Waals surface area (Å²) in [5, 5.41) is 3.21. The Morgan fingerprint density at radius 2 is 1.84 bits per heavy atom. The van der Waals surface area contributed by atoms with Gasteiger partial charge in [-0.25, -0.2) is 8.78 Å². The SMILES string of the molecule is O=C(COC(=O)CSc1cc(Cl)ccc1Cl)Nc1ccc(F)c(F)c1. The Balaban J connectivity index is 1.78. The minimum Gasteiger partial charge on any atom is -0.455 e. The maximum atomic E-state index is 13.0. The van der Waals surface area contributed by atoms with E-state index in [0.29, 0.717) is 14.9 Å². The fourth-order valence-corrected chi connectivity index (χ4v) is 2.97. The molecule has 0 atom stereocenters. The molecule has 9 heteroatoms. The maximum absolute atomic E-state index is 13.0. The monoisotopic (exact) mass is 405 g/mol. The van der Waals surface area contributed by atoms with E-state index < -0.39 is 30.1 Å². The van der Waals surface area contributed by atoms with E-state index in [1.165, 1.54) is 6.07 Å². The number of hydrogen-bond acceptors (Lipinski definition) is 4. The van der Waals surface area contributed by atoms with E-state index in [9.17, 15) is 18.4 Å². The highest BCUT2D eigenvalue weighted by Crippen LogP contribution is 2.29. The highest BCUT2D eigenvalue weighted by molar-refractivity contribution is 8.00. The van der Waals surface area contributed by atoms with Crippen molar-refractivity contribution in [2.75, 3.05) is 17.7 Å². The Kier molecular flexibility index (Phi) is 7.04. The topological polar surface area (TPSA) is 55.4 Å². The molecule has 0 aromatic heterocycles. The number of halogens is 4. The van der Waals surface area contributed by atoms with Gasteiger partial charge in [-0.3, -0.25) is 9.59 Å². The van der Waals surface area contributed by atoms with Gasteiger partial charge < -0.3 is 10.1 Å². The van der Waals surface area contributed by atoms with Crippen LogP contribution in [0, 0.1) is 11.6 Å². The largest absolute Gasteiger partial charge is 0.455 e. The molecule has 0 fully saturated rings. The molecule has 0 aliphatic heterocycles. The van der Waals surface area contributed by atoms with Gasteiger partial charge in [0.25, 0.3) is 5.91 Å². The first kappa shape index (κ1) is 19.5. The van der Waals surface area contributed by atoms with Gasteiger partial charge in [0.1, 0.15) is 0 Å². The number of ether oxygens (including phenoxy) is 1. The summed E-state index contributed by atoms with van der Waals surface area (Å²) in [7, 11) is 0. The third-order valence-corrected chi connectivity index (χ3v) is 4.51. The number of thioether (sulfide) groups is 1. The van der Waals surface area contributed by atoms with Crippen molar-refractivity contribution >= 4 is 52.5 Å². The van der Waals surface area contributed by atoms with Gasteiger partial charge >= 0.3 is 5.97 Å². The summed E-state index contributed by atoms with van der Waals surface area (Å²) in [6, 6.07) is 7.73. The molecule has 0 aliphatic carbocycles. The van der Waals surface area contributed by atoms with Crippen LogP contribution < -0.4 is 5.32 Å². The summed E-state index contributed by atoms with van der Waals surface area (Å²) in [4.78, 5) is 23.9. The smallest absolute Gasteiger partial charge is 0.316 e. The third kappa shape index (κ3) is 6.19. The van der Waals surface area contributed by atoms with Gasteiger partial charge in [0.15, 0.2) is 18.2 Å². The lowest BCUT2D eigenvalue weighted by atomic mass is 10.3. The summed E-state index contributed by atoms with van der Waals surface area (Å²) < 4.78 is 30.6. The lowest BCUT2D eigenvalue weighted by Gasteiger charge is -2.07. The number of rotatable bonds is 6. The molecule has 0 unspecified atom stereocenters. The molecule has 2 aromatic carbocycles. The number of hydrogen-bond donors (Lipinski definition) is 1. The van der Waals surface area contributed by atoms with Crippen LogP contribution >= 0.6 is 35.0 Å². The van der Waals surface area contributed by atoms with Gasteiger partial charge in [0.05, 0.1) is 10.8 Å². The van der Waals surface area contributed by atoms with E-state index in [1.807, 2.05) is 0 Å². The molecule has 0 saturated carbocycles. The lowest BCUT2D eigenvalue weighted by molar-refractivity contribution is -0.144. The second kappa shape index (κ2) is 9.03. The zero-order valence-electron chi connectivity index (χ0n) is 12.5. The normalized spacial score (nSPS) is 10.4. The summed E-state index contributed by atoms with van der Waals surface area (Å²) in [5.74, 6) is -3.50. The van der Waals surface area contributed by atoms with Gasteiger partial charge in [-0.15, -0.1) is 11.8 Å². The first-order chi connectivity index (χ1) is 11.8. The van der Waals surface area contributed by atoms with Crippen molar-refractivity contribution in [2.45, 2.75) is 4.90 Å². The standard InChI is InChI=1S/C16H11Cl2F2NO3S/c17-9-1-3-11(18)14(5-9)25-8-16(23)24-7-15(22)21-10-2-4-12(19)13(20)6-10/h1-6H,7-8H2,(H,21,22). The van der Waals surface area contributed by atoms with Gasteiger partial charge in [0.2, 0.25) is 0 Å². The van der Waals surface area contributed by atoms with Crippen LogP contribution in [0.5, 0.6) is 0 Å². The van der Waals surface area contributed by atoms with Gasteiger partial charge in [0, 0.05) is 21.7 Å². The van der Waals surface area contributed by atoms with E-state index in [-0.39, 0.29) is 11.4 Å². The number of carbonyl (C=O) groups excluding carboxylic acids is 2. The Morgan fingerprint density at radius 1 is 1.08 bits per heavy atom. The van der Waals surface area contributed by atoms with Crippen molar-refractivity contribution < 1.29 is 23.1 Å². The molecule has 4 nitrogen and oxygen atoms in total. The fraction of sp³-hybridized carbons (Fsp3) is 0.125. The minimum absolute atomic E-state index is 0.0556. The summed E-state index contributed by atoms with van der Waals surface area (Å²) in [6.07, 6.45) is 0. The molecular weight excluding hydrogens is 395 g/mol. The van der Waals surface area contributed by atoms with Crippen molar-refractivity contribution in [2.24, 2.45) is 0 Å². The Hall–Kier alpha value is -1.83. The summed E-state index contributed by atoms with van der Waals surface area (Å²) in [6.45, 7) is -0.554. The molecule has 0 heterocycles. The number of amides is 1. The maximum Gasteiger partial charge on any atom is 0.316 e. The number of benzene rings is 2. The highest BCUT2D eigenvalue weighted by Gasteiger charge is 2.11. The second-order valence-corrected chi connectivity index (χ2v) is 6.56. The van der Waals surface area contributed by atoms with Crippen molar-refractivity contribution in [1.82, 2.24) is 0 Å². The number of anilines is 1. The molecule has 0 spiro atoms. The molecule has 132 valence electrons. The van der Waals surface area contributed by atoms with E-state index in [4.69, 9.17) is 27.9 Å². The summed E-state index contributed by atoms with van der Waals surface area (Å²) >= 11 is 12.9. The minimum atomic E-state index is -1.09. The summed E-state index contributed by atoms with van der Waals surface area (Å²) in [5.41, 5.74) is 0.0556. The van der Waals surface area contributed by atoms with Crippen LogP contribution in [0.4, 0.5) is 14.5 Å². The number of esters is 1. The second-order valence-electron chi connectivity index (χ2n) is 4.70. The molecule has 1 N–H and O–H groups in total. The molecule has 2 aromatic rings. The zero-order valence-corrected chi connectivity index (χ0v) is 14.9. The van der Waals surface area contributed by atoms with Gasteiger partial charge in [-0.05, 0) is 30.3 Å². The third-order valence-electron chi connectivity index (χ3n) is 2.81. The molecule has 0 saturated heterocycles. The van der Waals surface area contributed by atoms with Crippen LogP contribution in [0.25, 0.3) is 0 Å². The molecular formula is C16H11Cl2F2NO3S.